The Morgan fingerprint density at radius 1 is 1.19 bits per heavy atom. The van der Waals surface area contributed by atoms with Crippen LogP contribution in [0.1, 0.15) is 68.1 Å². The third-order valence-corrected chi connectivity index (χ3v) is 5.25. The summed E-state index contributed by atoms with van der Waals surface area (Å²) < 4.78 is 67.9. The SMILES string of the molecule is CCN(CCC(F)(F)CC)c1nc(C)c(C(F)(F)F)cc1C(=O)NC1=CCCC(C)=C1. The Kier molecular flexibility index (Phi) is 7.83. The molecule has 1 aliphatic carbocycles. The van der Waals surface area contributed by atoms with Gasteiger partial charge in [0.25, 0.3) is 5.91 Å². The van der Waals surface area contributed by atoms with E-state index in [9.17, 15) is 26.7 Å². The first-order valence-electron chi connectivity index (χ1n) is 10.3. The number of amides is 1. The van der Waals surface area contributed by atoms with Crippen molar-refractivity contribution < 1.29 is 26.7 Å². The number of pyridine rings is 1. The van der Waals surface area contributed by atoms with Gasteiger partial charge in [-0.05, 0) is 45.8 Å². The molecule has 0 fully saturated rings. The molecule has 1 amide bonds. The van der Waals surface area contributed by atoms with Crippen molar-refractivity contribution in [1.29, 1.82) is 0 Å². The third-order valence-electron chi connectivity index (χ3n) is 5.25. The van der Waals surface area contributed by atoms with Crippen LogP contribution in [0, 0.1) is 6.92 Å². The van der Waals surface area contributed by atoms with Crippen LogP contribution in [0.25, 0.3) is 0 Å². The largest absolute Gasteiger partial charge is 0.418 e. The number of rotatable bonds is 8. The van der Waals surface area contributed by atoms with Gasteiger partial charge in [-0.1, -0.05) is 18.6 Å². The van der Waals surface area contributed by atoms with Gasteiger partial charge in [0.15, 0.2) is 0 Å². The number of aryl methyl sites for hydroxylation is 1. The Hall–Kier alpha value is -2.45. The second-order valence-corrected chi connectivity index (χ2v) is 7.67. The molecule has 1 aromatic heterocycles. The van der Waals surface area contributed by atoms with E-state index >= 15 is 0 Å². The van der Waals surface area contributed by atoms with E-state index in [-0.39, 0.29) is 36.6 Å². The summed E-state index contributed by atoms with van der Waals surface area (Å²) >= 11 is 0. The van der Waals surface area contributed by atoms with Crippen molar-refractivity contribution in [2.75, 3.05) is 18.0 Å². The minimum Gasteiger partial charge on any atom is -0.356 e. The quantitative estimate of drug-likeness (QED) is 0.498. The molecule has 2 rings (SSSR count). The molecule has 0 unspecified atom stereocenters. The standard InChI is InChI=1S/C22H28F5N3O/c1-5-21(23,24)10-11-30(6-2)19-17(13-18(15(4)28-19)22(25,26)27)20(31)29-16-9-7-8-14(3)12-16/h9,12-13H,5-8,10-11H2,1-4H3,(H,29,31). The number of halogens is 5. The summed E-state index contributed by atoms with van der Waals surface area (Å²) in [5.41, 5.74) is -0.104. The van der Waals surface area contributed by atoms with E-state index in [1.165, 1.54) is 18.7 Å². The van der Waals surface area contributed by atoms with E-state index < -0.39 is 30.0 Å². The number of carbonyl (C=O) groups is 1. The van der Waals surface area contributed by atoms with E-state index in [1.807, 2.05) is 6.92 Å². The number of hydrogen-bond acceptors (Lipinski definition) is 3. The van der Waals surface area contributed by atoms with Gasteiger partial charge in [0.1, 0.15) is 5.82 Å². The molecule has 1 aliphatic rings. The average Bonchev–Trinajstić information content (AvgIpc) is 2.67. The fourth-order valence-corrected chi connectivity index (χ4v) is 3.31. The van der Waals surface area contributed by atoms with Crippen LogP contribution in [0.4, 0.5) is 27.8 Å². The van der Waals surface area contributed by atoms with Crippen molar-refractivity contribution in [3.63, 3.8) is 0 Å². The number of hydrogen-bond donors (Lipinski definition) is 1. The van der Waals surface area contributed by atoms with Crippen LogP contribution >= 0.6 is 0 Å². The highest BCUT2D eigenvalue weighted by Crippen LogP contribution is 2.35. The first-order valence-corrected chi connectivity index (χ1v) is 10.3. The predicted molar refractivity (Wildman–Crippen MR) is 110 cm³/mol. The lowest BCUT2D eigenvalue weighted by atomic mass is 10.0. The molecule has 172 valence electrons. The normalized spacial score (nSPS) is 14.7. The van der Waals surface area contributed by atoms with Crippen LogP contribution < -0.4 is 10.2 Å². The average molecular weight is 445 g/mol. The highest BCUT2D eigenvalue weighted by molar-refractivity contribution is 6.00. The summed E-state index contributed by atoms with van der Waals surface area (Å²) in [6.07, 6.45) is -0.451. The van der Waals surface area contributed by atoms with Crippen LogP contribution in [0.5, 0.6) is 0 Å². The smallest absolute Gasteiger partial charge is 0.356 e. The van der Waals surface area contributed by atoms with Crippen LogP contribution in [-0.4, -0.2) is 29.9 Å². The van der Waals surface area contributed by atoms with E-state index in [0.29, 0.717) is 12.1 Å². The number of nitrogens with one attached hydrogen (secondary N) is 1. The van der Waals surface area contributed by atoms with Crippen molar-refractivity contribution in [3.8, 4) is 0 Å². The topological polar surface area (TPSA) is 45.2 Å². The lowest BCUT2D eigenvalue weighted by Crippen LogP contribution is -2.33. The summed E-state index contributed by atoms with van der Waals surface area (Å²) in [5.74, 6) is -3.70. The van der Waals surface area contributed by atoms with Crippen LogP contribution in [-0.2, 0) is 6.18 Å². The molecule has 0 aliphatic heterocycles. The lowest BCUT2D eigenvalue weighted by molar-refractivity contribution is -0.138. The summed E-state index contributed by atoms with van der Waals surface area (Å²) in [6, 6.07) is 0.758. The minimum absolute atomic E-state index is 0.0329. The molecule has 4 nitrogen and oxygen atoms in total. The first-order chi connectivity index (χ1) is 14.4. The summed E-state index contributed by atoms with van der Waals surface area (Å²) in [5, 5.41) is 2.63. The van der Waals surface area contributed by atoms with Crippen molar-refractivity contribution in [3.05, 3.63) is 46.3 Å². The summed E-state index contributed by atoms with van der Waals surface area (Å²) in [4.78, 5) is 18.4. The molecular formula is C22H28F5N3O. The molecule has 1 aromatic rings. The molecule has 0 spiro atoms. The fourth-order valence-electron chi connectivity index (χ4n) is 3.31. The van der Waals surface area contributed by atoms with Crippen LogP contribution in [0.2, 0.25) is 0 Å². The highest BCUT2D eigenvalue weighted by Gasteiger charge is 2.36. The van der Waals surface area contributed by atoms with Crippen molar-refractivity contribution in [2.24, 2.45) is 0 Å². The molecule has 1 N–H and O–H groups in total. The van der Waals surface area contributed by atoms with Gasteiger partial charge in [0.2, 0.25) is 5.92 Å². The lowest BCUT2D eigenvalue weighted by Gasteiger charge is -2.27. The number of alkyl halides is 5. The Labute approximate surface area is 179 Å². The Bertz CT molecular complexity index is 875. The monoisotopic (exact) mass is 445 g/mol. The molecular weight excluding hydrogens is 417 g/mol. The first kappa shape index (κ1) is 24.8. The van der Waals surface area contributed by atoms with Gasteiger partial charge in [-0.15, -0.1) is 0 Å². The molecule has 0 aromatic carbocycles. The van der Waals surface area contributed by atoms with E-state index in [2.05, 4.69) is 10.3 Å². The van der Waals surface area contributed by atoms with Crippen molar-refractivity contribution >= 4 is 11.7 Å². The molecule has 0 bridgehead atoms. The van der Waals surface area contributed by atoms with E-state index in [4.69, 9.17) is 0 Å². The van der Waals surface area contributed by atoms with Crippen LogP contribution in [0.15, 0.2) is 29.5 Å². The van der Waals surface area contributed by atoms with Gasteiger partial charge in [0.05, 0.1) is 16.8 Å². The van der Waals surface area contributed by atoms with E-state index in [1.54, 1.807) is 19.1 Å². The zero-order chi connectivity index (χ0) is 23.4. The van der Waals surface area contributed by atoms with Crippen molar-refractivity contribution in [2.45, 2.75) is 65.5 Å². The number of aromatic nitrogens is 1. The van der Waals surface area contributed by atoms with Gasteiger partial charge in [-0.3, -0.25) is 4.79 Å². The maximum Gasteiger partial charge on any atom is 0.418 e. The molecule has 0 radical (unpaired) electrons. The number of carbonyl (C=O) groups excluding carboxylic acids is 1. The minimum atomic E-state index is -4.70. The Balaban J connectivity index is 2.47. The summed E-state index contributed by atoms with van der Waals surface area (Å²) in [6.45, 7) is 6.20. The molecule has 9 heteroatoms. The van der Waals surface area contributed by atoms with Gasteiger partial charge >= 0.3 is 6.18 Å². The third kappa shape index (κ3) is 6.51. The Morgan fingerprint density at radius 3 is 2.42 bits per heavy atom. The number of allylic oxidation sites excluding steroid dienone is 3. The second-order valence-electron chi connectivity index (χ2n) is 7.67. The van der Waals surface area contributed by atoms with Crippen LogP contribution in [0.3, 0.4) is 0 Å². The van der Waals surface area contributed by atoms with Gasteiger partial charge in [0, 0.05) is 31.6 Å². The Morgan fingerprint density at radius 2 is 1.87 bits per heavy atom. The molecule has 0 saturated heterocycles. The second kappa shape index (κ2) is 9.78. The van der Waals surface area contributed by atoms with Gasteiger partial charge in [-0.2, -0.15) is 13.2 Å². The number of nitrogens with zero attached hydrogens (tertiary/aromatic N) is 2. The molecule has 0 atom stereocenters. The van der Waals surface area contributed by atoms with Gasteiger partial charge < -0.3 is 10.2 Å². The molecule has 31 heavy (non-hydrogen) atoms. The number of anilines is 1. The fraction of sp³-hybridized carbons (Fsp3) is 0.545. The summed E-state index contributed by atoms with van der Waals surface area (Å²) in [7, 11) is 0. The maximum atomic E-state index is 13.8. The maximum absolute atomic E-state index is 13.8. The highest BCUT2D eigenvalue weighted by atomic mass is 19.4. The zero-order valence-corrected chi connectivity index (χ0v) is 18.2. The molecule has 1 heterocycles. The van der Waals surface area contributed by atoms with E-state index in [0.717, 1.165) is 18.1 Å². The predicted octanol–water partition coefficient (Wildman–Crippen LogP) is 6.02. The van der Waals surface area contributed by atoms with Crippen molar-refractivity contribution in [1.82, 2.24) is 10.3 Å². The van der Waals surface area contributed by atoms with Gasteiger partial charge in [-0.25, -0.2) is 13.8 Å². The zero-order valence-electron chi connectivity index (χ0n) is 18.2. The molecule has 0 saturated carbocycles.